The third-order valence-electron chi connectivity index (χ3n) is 2.81. The minimum absolute atomic E-state index is 0.371. The van der Waals surface area contributed by atoms with E-state index in [0.29, 0.717) is 26.5 Å². The highest BCUT2D eigenvalue weighted by atomic mass is 35.5. The second kappa shape index (κ2) is 4.60. The number of rotatable bonds is 1. The van der Waals surface area contributed by atoms with E-state index in [4.69, 9.17) is 40.5 Å². The van der Waals surface area contributed by atoms with Crippen molar-refractivity contribution in [3.05, 3.63) is 51.5 Å². The summed E-state index contributed by atoms with van der Waals surface area (Å²) in [6, 6.07) is 10.8. The van der Waals surface area contributed by atoms with E-state index in [1.165, 1.54) is 0 Å². The van der Waals surface area contributed by atoms with Crippen molar-refractivity contribution in [1.82, 2.24) is 9.55 Å². The van der Waals surface area contributed by atoms with E-state index < -0.39 is 0 Å². The molecule has 0 saturated heterocycles. The molecule has 2 N–H and O–H groups in total. The molecular formula is C13H8Cl3N3. The first-order valence-corrected chi connectivity index (χ1v) is 6.58. The summed E-state index contributed by atoms with van der Waals surface area (Å²) in [5.41, 5.74) is 8.32. The second-order valence-corrected chi connectivity index (χ2v) is 5.29. The van der Waals surface area contributed by atoms with Gasteiger partial charge in [0.05, 0.1) is 21.1 Å². The van der Waals surface area contributed by atoms with Gasteiger partial charge in [0.25, 0.3) is 0 Å². The molecule has 0 unspecified atom stereocenters. The molecule has 0 aliphatic rings. The molecule has 0 radical (unpaired) electrons. The Labute approximate surface area is 124 Å². The number of imidazole rings is 1. The first kappa shape index (κ1) is 12.6. The van der Waals surface area contributed by atoms with E-state index >= 15 is 0 Å². The van der Waals surface area contributed by atoms with Gasteiger partial charge in [0.1, 0.15) is 0 Å². The van der Waals surface area contributed by atoms with E-state index in [9.17, 15) is 0 Å². The number of hydrogen-bond acceptors (Lipinski definition) is 2. The fourth-order valence-corrected chi connectivity index (χ4v) is 2.39. The maximum absolute atomic E-state index is 6.05. The molecule has 3 nitrogen and oxygen atoms in total. The van der Waals surface area contributed by atoms with Gasteiger partial charge in [-0.25, -0.2) is 4.98 Å². The Kier molecular flexibility index (Phi) is 3.05. The van der Waals surface area contributed by atoms with Crippen LogP contribution in [0.15, 0.2) is 36.4 Å². The van der Waals surface area contributed by atoms with Gasteiger partial charge in [-0.3, -0.25) is 4.57 Å². The Morgan fingerprint density at radius 3 is 2.26 bits per heavy atom. The lowest BCUT2D eigenvalue weighted by molar-refractivity contribution is 1.11. The molecule has 0 amide bonds. The number of nitrogens with two attached hydrogens (primary N) is 1. The largest absolute Gasteiger partial charge is 0.369 e. The molecule has 19 heavy (non-hydrogen) atoms. The molecule has 3 aromatic rings. The number of nitrogen functional groups attached to an aromatic ring is 1. The molecule has 3 rings (SSSR count). The molecule has 0 aliphatic carbocycles. The third kappa shape index (κ3) is 2.14. The van der Waals surface area contributed by atoms with E-state index in [2.05, 4.69) is 4.98 Å². The van der Waals surface area contributed by atoms with Gasteiger partial charge in [-0.1, -0.05) is 34.8 Å². The number of benzene rings is 2. The number of halogens is 3. The Hall–Kier alpha value is -1.42. The zero-order chi connectivity index (χ0) is 13.6. The van der Waals surface area contributed by atoms with Crippen molar-refractivity contribution in [3.63, 3.8) is 0 Å². The van der Waals surface area contributed by atoms with Crippen molar-refractivity contribution < 1.29 is 0 Å². The van der Waals surface area contributed by atoms with Crippen LogP contribution in [0.25, 0.3) is 16.7 Å². The summed E-state index contributed by atoms with van der Waals surface area (Å²) in [7, 11) is 0. The zero-order valence-electron chi connectivity index (χ0n) is 9.57. The first-order valence-electron chi connectivity index (χ1n) is 5.45. The lowest BCUT2D eigenvalue weighted by atomic mass is 10.3. The summed E-state index contributed by atoms with van der Waals surface area (Å²) in [5.74, 6) is 0.371. The normalized spacial score (nSPS) is 11.1. The number of nitrogens with zero attached hydrogens (tertiary/aromatic N) is 2. The van der Waals surface area contributed by atoms with Gasteiger partial charge >= 0.3 is 0 Å². The molecule has 2 aromatic carbocycles. The minimum atomic E-state index is 0.371. The lowest BCUT2D eigenvalue weighted by Gasteiger charge is -2.07. The Bertz CT molecular complexity index is 763. The van der Waals surface area contributed by atoms with Gasteiger partial charge in [-0.15, -0.1) is 0 Å². The molecule has 0 saturated carbocycles. The standard InChI is InChI=1S/C13H8Cl3N3/c14-7-1-3-8(4-2-7)19-12-6-10(16)9(15)5-11(12)18-13(19)17/h1-6H,(H2,17,18). The number of hydrogen-bond donors (Lipinski definition) is 1. The second-order valence-electron chi connectivity index (χ2n) is 4.04. The zero-order valence-corrected chi connectivity index (χ0v) is 11.8. The molecule has 0 aliphatic heterocycles. The van der Waals surface area contributed by atoms with E-state index in [-0.39, 0.29) is 0 Å². The van der Waals surface area contributed by atoms with Crippen LogP contribution in [0.2, 0.25) is 15.1 Å². The fraction of sp³-hybridized carbons (Fsp3) is 0. The first-order chi connectivity index (χ1) is 9.06. The van der Waals surface area contributed by atoms with Crippen LogP contribution in [-0.4, -0.2) is 9.55 Å². The smallest absolute Gasteiger partial charge is 0.205 e. The summed E-state index contributed by atoms with van der Waals surface area (Å²) in [4.78, 5) is 4.28. The van der Waals surface area contributed by atoms with E-state index in [0.717, 1.165) is 11.2 Å². The van der Waals surface area contributed by atoms with Crippen LogP contribution < -0.4 is 5.73 Å². The van der Waals surface area contributed by atoms with Crippen molar-refractivity contribution in [2.45, 2.75) is 0 Å². The lowest BCUT2D eigenvalue weighted by Crippen LogP contribution is -2.00. The average molecular weight is 313 g/mol. The van der Waals surface area contributed by atoms with Crippen LogP contribution in [0.4, 0.5) is 5.95 Å². The van der Waals surface area contributed by atoms with Crippen LogP contribution in [0.3, 0.4) is 0 Å². The summed E-state index contributed by atoms with van der Waals surface area (Å²) >= 11 is 17.9. The molecule has 0 atom stereocenters. The number of anilines is 1. The Morgan fingerprint density at radius 1 is 0.947 bits per heavy atom. The molecule has 6 heteroatoms. The quantitative estimate of drug-likeness (QED) is 0.715. The van der Waals surface area contributed by atoms with E-state index in [1.807, 2.05) is 12.1 Å². The summed E-state index contributed by atoms with van der Waals surface area (Å²) in [6.45, 7) is 0. The maximum atomic E-state index is 6.05. The predicted octanol–water partition coefficient (Wildman–Crippen LogP) is 4.57. The van der Waals surface area contributed by atoms with Gasteiger partial charge in [0.2, 0.25) is 5.95 Å². The van der Waals surface area contributed by atoms with Gasteiger partial charge in [0.15, 0.2) is 0 Å². The van der Waals surface area contributed by atoms with Gasteiger partial charge < -0.3 is 5.73 Å². The summed E-state index contributed by atoms with van der Waals surface area (Å²) in [6.07, 6.45) is 0. The molecular weight excluding hydrogens is 305 g/mol. The topological polar surface area (TPSA) is 43.8 Å². The highest BCUT2D eigenvalue weighted by molar-refractivity contribution is 6.42. The Morgan fingerprint density at radius 2 is 1.58 bits per heavy atom. The van der Waals surface area contributed by atoms with Gasteiger partial charge in [-0.05, 0) is 36.4 Å². The van der Waals surface area contributed by atoms with Crippen LogP contribution in [0, 0.1) is 0 Å². The Balaban J connectivity index is 2.31. The van der Waals surface area contributed by atoms with Crippen molar-refractivity contribution in [2.24, 2.45) is 0 Å². The van der Waals surface area contributed by atoms with Crippen molar-refractivity contribution in [2.75, 3.05) is 5.73 Å². The van der Waals surface area contributed by atoms with Crippen LogP contribution >= 0.6 is 34.8 Å². The molecule has 0 fully saturated rings. The summed E-state index contributed by atoms with van der Waals surface area (Å²) < 4.78 is 1.80. The number of aromatic nitrogens is 2. The molecule has 1 heterocycles. The summed E-state index contributed by atoms with van der Waals surface area (Å²) in [5, 5.41) is 1.58. The maximum Gasteiger partial charge on any atom is 0.205 e. The highest BCUT2D eigenvalue weighted by Gasteiger charge is 2.12. The highest BCUT2D eigenvalue weighted by Crippen LogP contribution is 2.31. The van der Waals surface area contributed by atoms with Crippen LogP contribution in [-0.2, 0) is 0 Å². The number of fused-ring (bicyclic) bond motifs is 1. The monoisotopic (exact) mass is 311 g/mol. The van der Waals surface area contributed by atoms with Gasteiger partial charge in [-0.2, -0.15) is 0 Å². The molecule has 0 bridgehead atoms. The third-order valence-corrected chi connectivity index (χ3v) is 3.78. The van der Waals surface area contributed by atoms with Crippen molar-refractivity contribution in [3.8, 4) is 5.69 Å². The SMILES string of the molecule is Nc1nc2cc(Cl)c(Cl)cc2n1-c1ccc(Cl)cc1. The van der Waals surface area contributed by atoms with Crippen molar-refractivity contribution in [1.29, 1.82) is 0 Å². The van der Waals surface area contributed by atoms with E-state index in [1.54, 1.807) is 28.8 Å². The predicted molar refractivity (Wildman–Crippen MR) is 80.5 cm³/mol. The van der Waals surface area contributed by atoms with Gasteiger partial charge in [0, 0.05) is 10.7 Å². The van der Waals surface area contributed by atoms with Crippen LogP contribution in [0.5, 0.6) is 0 Å². The van der Waals surface area contributed by atoms with Crippen molar-refractivity contribution >= 4 is 51.8 Å². The van der Waals surface area contributed by atoms with Crippen LogP contribution in [0.1, 0.15) is 0 Å². The fourth-order valence-electron chi connectivity index (χ4n) is 1.95. The average Bonchev–Trinajstić information content (AvgIpc) is 2.67. The minimum Gasteiger partial charge on any atom is -0.369 e. The molecule has 0 spiro atoms. The molecule has 1 aromatic heterocycles. The molecule has 96 valence electrons.